The van der Waals surface area contributed by atoms with Gasteiger partial charge in [0.05, 0.1) is 10.6 Å². The molecule has 0 bridgehead atoms. The van der Waals surface area contributed by atoms with E-state index in [4.69, 9.17) is 11.6 Å². The number of hydrogen-bond donors (Lipinski definition) is 3. The minimum Gasteiger partial charge on any atom is -0.352 e. The maximum atomic E-state index is 12.9. The third kappa shape index (κ3) is 3.89. The highest BCUT2D eigenvalue weighted by Gasteiger charge is 2.41. The standard InChI is InChI=1S/C18H22ClN5O2/c19-15-5-2-1-4-14(15)16(25)21-11-12-22-17(26)18(6-9-20-10-7-18)24-13-3-8-23-24/h1-5,8,13,20H,6-7,9-12H2,(H,21,25)(H,22,26). The fourth-order valence-corrected chi connectivity index (χ4v) is 3.40. The van der Waals surface area contributed by atoms with Crippen molar-refractivity contribution in [1.29, 1.82) is 0 Å². The molecule has 0 aliphatic carbocycles. The van der Waals surface area contributed by atoms with Gasteiger partial charge in [0.25, 0.3) is 5.91 Å². The Balaban J connectivity index is 1.54. The number of carbonyl (C=O) groups is 2. The van der Waals surface area contributed by atoms with E-state index in [1.54, 1.807) is 35.1 Å². The number of piperidine rings is 1. The molecule has 7 nitrogen and oxygen atoms in total. The van der Waals surface area contributed by atoms with Crippen molar-refractivity contribution in [3.8, 4) is 0 Å². The maximum absolute atomic E-state index is 12.9. The summed E-state index contributed by atoms with van der Waals surface area (Å²) in [5.41, 5.74) is -0.256. The first-order valence-corrected chi connectivity index (χ1v) is 9.03. The van der Waals surface area contributed by atoms with E-state index in [9.17, 15) is 9.59 Å². The SMILES string of the molecule is O=C(NCCNC(=O)C1(n2cccn2)CCNCC1)c1ccccc1Cl. The molecule has 0 unspecified atom stereocenters. The Morgan fingerprint density at radius 2 is 1.88 bits per heavy atom. The van der Waals surface area contributed by atoms with E-state index in [2.05, 4.69) is 21.0 Å². The van der Waals surface area contributed by atoms with Crippen molar-refractivity contribution in [3.05, 3.63) is 53.3 Å². The number of rotatable bonds is 6. The Labute approximate surface area is 157 Å². The van der Waals surface area contributed by atoms with Gasteiger partial charge in [0.2, 0.25) is 5.91 Å². The highest BCUT2D eigenvalue weighted by molar-refractivity contribution is 6.33. The quantitative estimate of drug-likeness (QED) is 0.661. The van der Waals surface area contributed by atoms with E-state index < -0.39 is 5.54 Å². The molecule has 2 heterocycles. The molecule has 0 spiro atoms. The molecule has 26 heavy (non-hydrogen) atoms. The average Bonchev–Trinajstić information content (AvgIpc) is 3.21. The van der Waals surface area contributed by atoms with Gasteiger partial charge in [-0.1, -0.05) is 23.7 Å². The van der Waals surface area contributed by atoms with Crippen LogP contribution in [0, 0.1) is 0 Å². The van der Waals surface area contributed by atoms with Gasteiger partial charge in [0.15, 0.2) is 0 Å². The van der Waals surface area contributed by atoms with Crippen molar-refractivity contribution in [2.24, 2.45) is 0 Å². The van der Waals surface area contributed by atoms with E-state index in [0.29, 0.717) is 36.5 Å². The highest BCUT2D eigenvalue weighted by Crippen LogP contribution is 2.27. The van der Waals surface area contributed by atoms with Crippen LogP contribution in [-0.2, 0) is 10.3 Å². The summed E-state index contributed by atoms with van der Waals surface area (Å²) in [5.74, 6) is -0.330. The summed E-state index contributed by atoms with van der Waals surface area (Å²) >= 11 is 6.01. The van der Waals surface area contributed by atoms with Gasteiger partial charge in [-0.05, 0) is 44.1 Å². The molecular formula is C18H22ClN5O2. The minimum absolute atomic E-state index is 0.0744. The number of nitrogens with zero attached hydrogens (tertiary/aromatic N) is 2. The summed E-state index contributed by atoms with van der Waals surface area (Å²) < 4.78 is 1.74. The third-order valence-corrected chi connectivity index (χ3v) is 4.94. The normalized spacial score (nSPS) is 16.0. The molecule has 0 atom stereocenters. The Bertz CT molecular complexity index is 757. The van der Waals surface area contributed by atoms with Gasteiger partial charge in [-0.3, -0.25) is 14.3 Å². The molecule has 1 saturated heterocycles. The van der Waals surface area contributed by atoms with E-state index in [0.717, 1.165) is 13.1 Å². The van der Waals surface area contributed by atoms with Crippen LogP contribution in [-0.4, -0.2) is 47.8 Å². The molecule has 1 fully saturated rings. The van der Waals surface area contributed by atoms with Gasteiger partial charge >= 0.3 is 0 Å². The van der Waals surface area contributed by atoms with Crippen LogP contribution in [0.5, 0.6) is 0 Å². The molecule has 3 rings (SSSR count). The van der Waals surface area contributed by atoms with Crippen molar-refractivity contribution in [3.63, 3.8) is 0 Å². The first-order chi connectivity index (χ1) is 12.6. The monoisotopic (exact) mass is 375 g/mol. The van der Waals surface area contributed by atoms with Gasteiger partial charge < -0.3 is 16.0 Å². The zero-order valence-corrected chi connectivity index (χ0v) is 15.1. The second-order valence-electron chi connectivity index (χ2n) is 6.22. The number of halogens is 1. The molecule has 1 aliphatic rings. The highest BCUT2D eigenvalue weighted by atomic mass is 35.5. The van der Waals surface area contributed by atoms with Gasteiger partial charge in [-0.2, -0.15) is 5.10 Å². The zero-order chi connectivity index (χ0) is 18.4. The average molecular weight is 376 g/mol. The third-order valence-electron chi connectivity index (χ3n) is 4.61. The summed E-state index contributed by atoms with van der Waals surface area (Å²) in [6, 6.07) is 8.68. The van der Waals surface area contributed by atoms with E-state index >= 15 is 0 Å². The lowest BCUT2D eigenvalue weighted by molar-refractivity contribution is -0.131. The summed E-state index contributed by atoms with van der Waals surface area (Å²) in [7, 11) is 0. The van der Waals surface area contributed by atoms with Crippen LogP contribution in [0.1, 0.15) is 23.2 Å². The summed E-state index contributed by atoms with van der Waals surface area (Å²) in [4.78, 5) is 25.0. The zero-order valence-electron chi connectivity index (χ0n) is 14.4. The Hall–Kier alpha value is -2.38. The molecule has 8 heteroatoms. The molecule has 3 N–H and O–H groups in total. The summed E-state index contributed by atoms with van der Waals surface area (Å²) in [5, 5.41) is 13.7. The van der Waals surface area contributed by atoms with Crippen molar-refractivity contribution in [1.82, 2.24) is 25.7 Å². The minimum atomic E-state index is -0.679. The number of hydrogen-bond acceptors (Lipinski definition) is 4. The number of aromatic nitrogens is 2. The van der Waals surface area contributed by atoms with Gasteiger partial charge in [0.1, 0.15) is 5.54 Å². The second kappa shape index (κ2) is 8.33. The predicted molar refractivity (Wildman–Crippen MR) is 99.1 cm³/mol. The van der Waals surface area contributed by atoms with Crippen LogP contribution in [0.4, 0.5) is 0 Å². The number of carbonyl (C=O) groups excluding carboxylic acids is 2. The number of amides is 2. The molecule has 0 saturated carbocycles. The van der Waals surface area contributed by atoms with E-state index in [-0.39, 0.29) is 11.8 Å². The van der Waals surface area contributed by atoms with Gasteiger partial charge in [-0.25, -0.2) is 0 Å². The van der Waals surface area contributed by atoms with Crippen LogP contribution >= 0.6 is 11.6 Å². The fraction of sp³-hybridized carbons (Fsp3) is 0.389. The molecule has 1 aromatic carbocycles. The van der Waals surface area contributed by atoms with Crippen molar-refractivity contribution in [2.45, 2.75) is 18.4 Å². The van der Waals surface area contributed by atoms with Gasteiger partial charge in [-0.15, -0.1) is 0 Å². The molecule has 2 aromatic rings. The summed E-state index contributed by atoms with van der Waals surface area (Å²) in [6.45, 7) is 2.18. The lowest BCUT2D eigenvalue weighted by Gasteiger charge is -2.36. The van der Waals surface area contributed by atoms with Gasteiger partial charge in [0, 0.05) is 25.5 Å². The molecule has 138 valence electrons. The first-order valence-electron chi connectivity index (χ1n) is 8.65. The Kier molecular flexibility index (Phi) is 5.90. The molecule has 0 radical (unpaired) electrons. The second-order valence-corrected chi connectivity index (χ2v) is 6.63. The van der Waals surface area contributed by atoms with Crippen LogP contribution in [0.2, 0.25) is 5.02 Å². The van der Waals surface area contributed by atoms with Crippen LogP contribution in [0.25, 0.3) is 0 Å². The van der Waals surface area contributed by atoms with Crippen molar-refractivity contribution < 1.29 is 9.59 Å². The van der Waals surface area contributed by atoms with Crippen molar-refractivity contribution in [2.75, 3.05) is 26.2 Å². The lowest BCUT2D eigenvalue weighted by atomic mass is 9.87. The Morgan fingerprint density at radius 3 is 2.58 bits per heavy atom. The fourth-order valence-electron chi connectivity index (χ4n) is 3.18. The number of nitrogens with one attached hydrogen (secondary N) is 3. The topological polar surface area (TPSA) is 88.1 Å². The molecule has 1 aliphatic heterocycles. The van der Waals surface area contributed by atoms with Crippen LogP contribution in [0.3, 0.4) is 0 Å². The largest absolute Gasteiger partial charge is 0.352 e. The lowest BCUT2D eigenvalue weighted by Crippen LogP contribution is -2.55. The van der Waals surface area contributed by atoms with E-state index in [1.807, 2.05) is 12.3 Å². The Morgan fingerprint density at radius 1 is 1.15 bits per heavy atom. The van der Waals surface area contributed by atoms with E-state index in [1.165, 1.54) is 0 Å². The van der Waals surface area contributed by atoms with Crippen molar-refractivity contribution >= 4 is 23.4 Å². The first kappa shape index (κ1) is 18.4. The van der Waals surface area contributed by atoms with Crippen LogP contribution < -0.4 is 16.0 Å². The molecule has 2 amide bonds. The molecular weight excluding hydrogens is 354 g/mol. The molecule has 1 aromatic heterocycles. The smallest absolute Gasteiger partial charge is 0.252 e. The predicted octanol–water partition coefficient (Wildman–Crippen LogP) is 1.16. The number of benzene rings is 1. The maximum Gasteiger partial charge on any atom is 0.252 e. The van der Waals surface area contributed by atoms with Crippen LogP contribution in [0.15, 0.2) is 42.7 Å². The summed E-state index contributed by atoms with van der Waals surface area (Å²) in [6.07, 6.45) is 4.85.